The lowest BCUT2D eigenvalue weighted by molar-refractivity contribution is 0.669. The maximum atomic E-state index is 6.30. The quantitative estimate of drug-likeness (QED) is 0.153. The van der Waals surface area contributed by atoms with Gasteiger partial charge in [-0.1, -0.05) is 206 Å². The second-order valence-electron chi connectivity index (χ2n) is 17.6. The Morgan fingerprint density at radius 1 is 0.279 bits per heavy atom. The Kier molecular flexibility index (Phi) is 9.40. The molecule has 12 aromatic rings. The molecule has 2 heterocycles. The number of benzene rings is 10. The summed E-state index contributed by atoms with van der Waals surface area (Å²) >= 11 is 0. The molecule has 68 heavy (non-hydrogen) atoms. The Morgan fingerprint density at radius 2 is 0.794 bits per heavy atom. The van der Waals surface area contributed by atoms with Crippen LogP contribution in [-0.4, -0.2) is 9.97 Å². The maximum absolute atomic E-state index is 6.30. The average Bonchev–Trinajstić information content (AvgIpc) is 3.95. The lowest BCUT2D eigenvalue weighted by Crippen LogP contribution is -2.28. The summed E-state index contributed by atoms with van der Waals surface area (Å²) in [7, 11) is 0. The molecule has 0 N–H and O–H groups in total. The summed E-state index contributed by atoms with van der Waals surface area (Å²) in [5.74, 6) is 0.669. The van der Waals surface area contributed by atoms with Crippen LogP contribution >= 0.6 is 0 Å². The summed E-state index contributed by atoms with van der Waals surface area (Å²) in [6.07, 6.45) is 0. The highest BCUT2D eigenvalue weighted by molar-refractivity contribution is 6.06. The van der Waals surface area contributed by atoms with Crippen molar-refractivity contribution >= 4 is 21.9 Å². The third kappa shape index (κ3) is 6.51. The van der Waals surface area contributed by atoms with Crippen LogP contribution in [0.4, 0.5) is 0 Å². The minimum Gasteiger partial charge on any atom is -0.456 e. The predicted molar refractivity (Wildman–Crippen MR) is 279 cm³/mol. The van der Waals surface area contributed by atoms with Gasteiger partial charge in [-0.15, -0.1) is 0 Å². The highest BCUT2D eigenvalue weighted by Crippen LogP contribution is 2.56. The van der Waals surface area contributed by atoms with Crippen LogP contribution in [-0.2, 0) is 5.41 Å². The van der Waals surface area contributed by atoms with E-state index >= 15 is 0 Å². The van der Waals surface area contributed by atoms with Gasteiger partial charge in [-0.3, -0.25) is 0 Å². The van der Waals surface area contributed by atoms with E-state index in [-0.39, 0.29) is 0 Å². The van der Waals surface area contributed by atoms with E-state index in [1.165, 1.54) is 38.9 Å². The lowest BCUT2D eigenvalue weighted by atomic mass is 9.67. The molecular formula is C65H42N2O. The summed E-state index contributed by atoms with van der Waals surface area (Å²) in [5.41, 5.74) is 20.1. The first kappa shape index (κ1) is 39.4. The number of hydrogen-bond donors (Lipinski definition) is 0. The molecule has 13 rings (SSSR count). The highest BCUT2D eigenvalue weighted by atomic mass is 16.3. The van der Waals surface area contributed by atoms with Crippen LogP contribution in [0.2, 0.25) is 0 Å². The molecule has 0 spiro atoms. The first-order chi connectivity index (χ1) is 33.7. The van der Waals surface area contributed by atoms with Crippen molar-refractivity contribution < 1.29 is 4.42 Å². The van der Waals surface area contributed by atoms with Gasteiger partial charge in [-0.2, -0.15) is 0 Å². The third-order valence-corrected chi connectivity index (χ3v) is 13.8. The summed E-state index contributed by atoms with van der Waals surface area (Å²) in [6.45, 7) is 0. The molecule has 0 radical (unpaired) electrons. The Labute approximate surface area is 395 Å². The van der Waals surface area contributed by atoms with Gasteiger partial charge in [-0.05, 0) is 115 Å². The van der Waals surface area contributed by atoms with E-state index in [9.17, 15) is 0 Å². The van der Waals surface area contributed by atoms with Crippen LogP contribution in [0, 0.1) is 0 Å². The maximum Gasteiger partial charge on any atom is 0.160 e. The van der Waals surface area contributed by atoms with Crippen LogP contribution in [0.5, 0.6) is 0 Å². The Hall–Kier alpha value is -8.92. The van der Waals surface area contributed by atoms with Gasteiger partial charge in [0.15, 0.2) is 5.82 Å². The molecule has 10 aromatic carbocycles. The van der Waals surface area contributed by atoms with Gasteiger partial charge in [0.05, 0.1) is 16.8 Å². The molecule has 1 aliphatic carbocycles. The van der Waals surface area contributed by atoms with Gasteiger partial charge in [0.1, 0.15) is 11.2 Å². The third-order valence-electron chi connectivity index (χ3n) is 13.8. The van der Waals surface area contributed by atoms with E-state index in [0.717, 1.165) is 77.8 Å². The Bertz CT molecular complexity index is 3800. The van der Waals surface area contributed by atoms with Crippen LogP contribution in [0.15, 0.2) is 259 Å². The van der Waals surface area contributed by atoms with E-state index in [2.05, 4.69) is 237 Å². The van der Waals surface area contributed by atoms with Crippen molar-refractivity contribution in [2.24, 2.45) is 0 Å². The van der Waals surface area contributed by atoms with Crippen molar-refractivity contribution in [1.29, 1.82) is 0 Å². The van der Waals surface area contributed by atoms with Crippen LogP contribution in [0.1, 0.15) is 22.3 Å². The summed E-state index contributed by atoms with van der Waals surface area (Å²) in [6, 6.07) is 91.3. The topological polar surface area (TPSA) is 38.9 Å². The Morgan fingerprint density at radius 3 is 1.51 bits per heavy atom. The number of aromatic nitrogens is 2. The number of rotatable bonds is 8. The lowest BCUT2D eigenvalue weighted by Gasteiger charge is -2.34. The normalized spacial score (nSPS) is 12.5. The van der Waals surface area contributed by atoms with Crippen LogP contribution in [0.25, 0.3) is 100 Å². The fourth-order valence-electron chi connectivity index (χ4n) is 10.7. The zero-order chi connectivity index (χ0) is 45.0. The second kappa shape index (κ2) is 16.2. The van der Waals surface area contributed by atoms with Gasteiger partial charge in [0.2, 0.25) is 0 Å². The number of nitrogens with zero attached hydrogens (tertiary/aromatic N) is 2. The molecule has 0 atom stereocenters. The van der Waals surface area contributed by atoms with Crippen molar-refractivity contribution in [2.45, 2.75) is 5.41 Å². The minimum atomic E-state index is -0.542. The smallest absolute Gasteiger partial charge is 0.160 e. The molecule has 0 bridgehead atoms. The number of hydrogen-bond acceptors (Lipinski definition) is 3. The molecule has 0 unspecified atom stereocenters. The summed E-state index contributed by atoms with van der Waals surface area (Å²) in [4.78, 5) is 10.9. The van der Waals surface area contributed by atoms with E-state index in [1.807, 2.05) is 18.2 Å². The molecule has 0 amide bonds. The largest absolute Gasteiger partial charge is 0.456 e. The molecule has 3 heteroatoms. The molecule has 0 saturated carbocycles. The fourth-order valence-corrected chi connectivity index (χ4v) is 10.7. The van der Waals surface area contributed by atoms with Crippen molar-refractivity contribution in [1.82, 2.24) is 9.97 Å². The van der Waals surface area contributed by atoms with Crippen LogP contribution in [0.3, 0.4) is 0 Å². The van der Waals surface area contributed by atoms with E-state index in [1.54, 1.807) is 0 Å². The van der Waals surface area contributed by atoms with Gasteiger partial charge < -0.3 is 4.42 Å². The fraction of sp³-hybridized carbons (Fsp3) is 0.0154. The van der Waals surface area contributed by atoms with Gasteiger partial charge >= 0.3 is 0 Å². The van der Waals surface area contributed by atoms with Gasteiger partial charge in [-0.25, -0.2) is 9.97 Å². The SMILES string of the molecule is c1ccc(-c2nc(-c3cc(-c4ccc5oc6ccccc6c5c4)cc(-c4ccccc4-c4ccccc4)c3)cc(-c3ccc4c(c3)C(c3ccccc3)(c3ccccc3)c3ccccc3-4)n2)cc1. The van der Waals surface area contributed by atoms with E-state index < -0.39 is 5.41 Å². The predicted octanol–water partition coefficient (Wildman–Crippen LogP) is 16.7. The van der Waals surface area contributed by atoms with E-state index in [0.29, 0.717) is 5.82 Å². The standard InChI is InChI=1S/C65H42N2O/c1-5-19-43(20-6-1)52-27-13-14-28-53(52)48-37-47(45-34-36-63-57(40-45)56-30-16-18-32-62(56)68-63)38-49(39-48)61-42-60(66-64(67-61)44-21-7-2-8-22-44)46-33-35-55-54-29-15-17-31-58(54)65(59(55)41-46,50-23-9-3-10-24-50)51-25-11-4-12-26-51/h1-42H. The van der Waals surface area contributed by atoms with Gasteiger partial charge in [0, 0.05) is 27.5 Å². The molecule has 2 aromatic heterocycles. The molecule has 0 fully saturated rings. The van der Waals surface area contributed by atoms with Gasteiger partial charge in [0.25, 0.3) is 0 Å². The molecular weight excluding hydrogens is 825 g/mol. The minimum absolute atomic E-state index is 0.542. The first-order valence-corrected chi connectivity index (χ1v) is 23.2. The molecule has 1 aliphatic rings. The highest BCUT2D eigenvalue weighted by Gasteiger charge is 2.46. The number of fused-ring (bicyclic) bond motifs is 6. The Balaban J connectivity index is 1.05. The van der Waals surface area contributed by atoms with Crippen molar-refractivity contribution in [2.75, 3.05) is 0 Å². The summed E-state index contributed by atoms with van der Waals surface area (Å²) in [5, 5.41) is 2.19. The zero-order valence-corrected chi connectivity index (χ0v) is 37.1. The van der Waals surface area contributed by atoms with Crippen molar-refractivity contribution in [3.63, 3.8) is 0 Å². The number of para-hydroxylation sites is 1. The van der Waals surface area contributed by atoms with Crippen LogP contribution < -0.4 is 0 Å². The second-order valence-corrected chi connectivity index (χ2v) is 17.6. The van der Waals surface area contributed by atoms with Crippen molar-refractivity contribution in [3.8, 4) is 78.4 Å². The summed E-state index contributed by atoms with van der Waals surface area (Å²) < 4.78 is 6.30. The van der Waals surface area contributed by atoms with Crippen molar-refractivity contribution in [3.05, 3.63) is 277 Å². The molecule has 0 saturated heterocycles. The zero-order valence-electron chi connectivity index (χ0n) is 37.1. The van der Waals surface area contributed by atoms with E-state index in [4.69, 9.17) is 14.4 Å². The first-order valence-electron chi connectivity index (χ1n) is 23.2. The molecule has 0 aliphatic heterocycles. The average molecular weight is 867 g/mol. The molecule has 3 nitrogen and oxygen atoms in total. The molecule has 318 valence electrons. The number of furan rings is 1. The monoisotopic (exact) mass is 866 g/mol.